The van der Waals surface area contributed by atoms with E-state index in [9.17, 15) is 0 Å². The van der Waals surface area contributed by atoms with Crippen molar-refractivity contribution in [3.05, 3.63) is 61.1 Å². The molecule has 2 heterocycles. The molecule has 0 aliphatic carbocycles. The van der Waals surface area contributed by atoms with E-state index in [0.29, 0.717) is 0 Å². The number of hydrogen-bond donors (Lipinski definition) is 0. The molecule has 4 rings (SSSR count). The van der Waals surface area contributed by atoms with Gasteiger partial charge in [0.25, 0.3) is 0 Å². The lowest BCUT2D eigenvalue weighted by molar-refractivity contribution is 1.22. The minimum absolute atomic E-state index is 1.17. The molecule has 17 heavy (non-hydrogen) atoms. The van der Waals surface area contributed by atoms with Crippen LogP contribution in [0.25, 0.3) is 27.2 Å². The van der Waals surface area contributed by atoms with Gasteiger partial charge in [-0.25, -0.2) is 4.98 Å². The van der Waals surface area contributed by atoms with Crippen LogP contribution < -0.4 is 0 Å². The summed E-state index contributed by atoms with van der Waals surface area (Å²) in [6, 6.07) is 16.9. The van der Waals surface area contributed by atoms with E-state index in [-0.39, 0.29) is 0 Å². The molecule has 0 spiro atoms. The van der Waals surface area contributed by atoms with Gasteiger partial charge in [0.1, 0.15) is 0 Å². The number of para-hydroxylation sites is 1. The van der Waals surface area contributed by atoms with Gasteiger partial charge in [-0.15, -0.1) is 0 Å². The summed E-state index contributed by atoms with van der Waals surface area (Å²) in [6.45, 7) is 0. The van der Waals surface area contributed by atoms with Crippen LogP contribution in [0, 0.1) is 0 Å². The topological polar surface area (TPSA) is 17.3 Å². The van der Waals surface area contributed by atoms with Gasteiger partial charge in [0, 0.05) is 10.8 Å². The van der Waals surface area contributed by atoms with Crippen LogP contribution >= 0.6 is 0 Å². The molecule has 0 radical (unpaired) electrons. The molecule has 0 amide bonds. The Morgan fingerprint density at radius 1 is 0.706 bits per heavy atom. The number of hydrogen-bond acceptors (Lipinski definition) is 1. The molecule has 2 heteroatoms. The molecule has 4 aromatic rings. The lowest BCUT2D eigenvalue weighted by Crippen LogP contribution is -1.88. The molecule has 80 valence electrons. The molecular formula is C15H10N2. The zero-order chi connectivity index (χ0) is 11.2. The fraction of sp³-hybridized carbons (Fsp3) is 0. The van der Waals surface area contributed by atoms with E-state index < -0.39 is 0 Å². The summed E-state index contributed by atoms with van der Waals surface area (Å²) in [6.07, 6.45) is 3.80. The number of nitrogens with zero attached hydrogens (tertiary/aromatic N) is 2. The van der Waals surface area contributed by atoms with Crippen LogP contribution in [0.1, 0.15) is 0 Å². The van der Waals surface area contributed by atoms with Crippen LogP contribution in [-0.2, 0) is 0 Å². The molecule has 0 bridgehead atoms. The fourth-order valence-electron chi connectivity index (χ4n) is 2.54. The molecule has 2 aromatic heterocycles. The quantitative estimate of drug-likeness (QED) is 0.412. The number of fused-ring (bicyclic) bond motifs is 6. The highest BCUT2D eigenvalue weighted by atomic mass is 15.0. The Morgan fingerprint density at radius 2 is 1.35 bits per heavy atom. The SMILES string of the molecule is c1ccc2c(c1)c1ccccc1n1cncc21. The van der Waals surface area contributed by atoms with E-state index in [0.717, 1.165) is 0 Å². The highest BCUT2D eigenvalue weighted by Gasteiger charge is 2.06. The van der Waals surface area contributed by atoms with Gasteiger partial charge in [-0.2, -0.15) is 0 Å². The van der Waals surface area contributed by atoms with E-state index in [2.05, 4.69) is 57.9 Å². The van der Waals surface area contributed by atoms with Crippen LogP contribution in [0.2, 0.25) is 0 Å². The Labute approximate surface area is 98.1 Å². The van der Waals surface area contributed by atoms with Crippen LogP contribution in [-0.4, -0.2) is 9.38 Å². The normalized spacial score (nSPS) is 11.5. The summed E-state index contributed by atoms with van der Waals surface area (Å²) in [5.74, 6) is 0. The van der Waals surface area contributed by atoms with Crippen LogP contribution in [0.4, 0.5) is 0 Å². The third-order valence-electron chi connectivity index (χ3n) is 3.30. The third kappa shape index (κ3) is 1.07. The average molecular weight is 218 g/mol. The Hall–Kier alpha value is -2.35. The minimum atomic E-state index is 1.17. The first-order valence-electron chi connectivity index (χ1n) is 5.67. The highest BCUT2D eigenvalue weighted by Crippen LogP contribution is 2.28. The lowest BCUT2D eigenvalue weighted by atomic mass is 10.1. The number of aromatic nitrogens is 2. The first-order valence-corrected chi connectivity index (χ1v) is 5.67. The van der Waals surface area contributed by atoms with Gasteiger partial charge < -0.3 is 0 Å². The fourth-order valence-corrected chi connectivity index (χ4v) is 2.54. The molecule has 0 aliphatic rings. The zero-order valence-corrected chi connectivity index (χ0v) is 9.17. The van der Waals surface area contributed by atoms with Crippen molar-refractivity contribution >= 4 is 27.2 Å². The van der Waals surface area contributed by atoms with E-state index in [1.807, 2.05) is 12.5 Å². The predicted octanol–water partition coefficient (Wildman–Crippen LogP) is 3.64. The monoisotopic (exact) mass is 218 g/mol. The Morgan fingerprint density at radius 3 is 2.18 bits per heavy atom. The van der Waals surface area contributed by atoms with Crippen molar-refractivity contribution in [3.63, 3.8) is 0 Å². The van der Waals surface area contributed by atoms with Gasteiger partial charge in [-0.05, 0) is 11.5 Å². The molecule has 0 saturated heterocycles. The van der Waals surface area contributed by atoms with Crippen molar-refractivity contribution in [2.24, 2.45) is 0 Å². The van der Waals surface area contributed by atoms with Crippen LogP contribution in [0.5, 0.6) is 0 Å². The third-order valence-corrected chi connectivity index (χ3v) is 3.30. The zero-order valence-electron chi connectivity index (χ0n) is 9.17. The van der Waals surface area contributed by atoms with Crippen molar-refractivity contribution in [2.75, 3.05) is 0 Å². The first kappa shape index (κ1) is 8.76. The molecule has 0 aliphatic heterocycles. The number of rotatable bonds is 0. The molecule has 0 unspecified atom stereocenters. The van der Waals surface area contributed by atoms with E-state index >= 15 is 0 Å². The summed E-state index contributed by atoms with van der Waals surface area (Å²) in [5.41, 5.74) is 2.37. The first-order chi connectivity index (χ1) is 8.45. The number of benzene rings is 2. The second-order valence-electron chi connectivity index (χ2n) is 4.21. The maximum absolute atomic E-state index is 4.26. The molecule has 2 aromatic carbocycles. The highest BCUT2D eigenvalue weighted by molar-refractivity contribution is 6.12. The Bertz CT molecular complexity index is 773. The Kier molecular flexibility index (Phi) is 1.59. The van der Waals surface area contributed by atoms with Crippen molar-refractivity contribution in [3.8, 4) is 0 Å². The molecule has 2 nitrogen and oxygen atoms in total. The number of imidazole rings is 1. The van der Waals surface area contributed by atoms with Crippen molar-refractivity contribution < 1.29 is 0 Å². The maximum Gasteiger partial charge on any atom is 0.0997 e. The largest absolute Gasteiger partial charge is 0.298 e. The summed E-state index contributed by atoms with van der Waals surface area (Å²) < 4.78 is 2.15. The summed E-state index contributed by atoms with van der Waals surface area (Å²) in [4.78, 5) is 4.26. The summed E-state index contributed by atoms with van der Waals surface area (Å²) >= 11 is 0. The maximum atomic E-state index is 4.26. The predicted molar refractivity (Wildman–Crippen MR) is 70.2 cm³/mol. The molecule has 0 saturated carbocycles. The molecule has 0 atom stereocenters. The van der Waals surface area contributed by atoms with E-state index in [1.165, 1.54) is 27.2 Å². The van der Waals surface area contributed by atoms with Crippen molar-refractivity contribution in [1.29, 1.82) is 0 Å². The summed E-state index contributed by atoms with van der Waals surface area (Å²) in [7, 11) is 0. The number of pyridine rings is 1. The van der Waals surface area contributed by atoms with Gasteiger partial charge >= 0.3 is 0 Å². The average Bonchev–Trinajstić information content (AvgIpc) is 2.89. The van der Waals surface area contributed by atoms with Gasteiger partial charge in [0.2, 0.25) is 0 Å². The van der Waals surface area contributed by atoms with Crippen molar-refractivity contribution in [2.45, 2.75) is 0 Å². The van der Waals surface area contributed by atoms with Gasteiger partial charge in [-0.3, -0.25) is 4.40 Å². The second kappa shape index (κ2) is 3.08. The Balaban J connectivity index is 2.48. The standard InChI is InChI=1S/C15H10N2/c1-2-7-13-11(5-1)12-6-3-4-8-14(12)17-10-16-9-15(13)17/h1-10H. The molecular weight excluding hydrogens is 208 g/mol. The molecule has 0 fully saturated rings. The van der Waals surface area contributed by atoms with Crippen LogP contribution in [0.3, 0.4) is 0 Å². The minimum Gasteiger partial charge on any atom is -0.298 e. The van der Waals surface area contributed by atoms with Gasteiger partial charge in [0.15, 0.2) is 0 Å². The summed E-state index contributed by atoms with van der Waals surface area (Å²) in [5, 5.41) is 3.81. The van der Waals surface area contributed by atoms with E-state index in [1.54, 1.807) is 0 Å². The van der Waals surface area contributed by atoms with Crippen LogP contribution in [0.15, 0.2) is 61.1 Å². The van der Waals surface area contributed by atoms with Gasteiger partial charge in [-0.1, -0.05) is 42.5 Å². The molecule has 0 N–H and O–H groups in total. The smallest absolute Gasteiger partial charge is 0.0997 e. The van der Waals surface area contributed by atoms with Crippen molar-refractivity contribution in [1.82, 2.24) is 9.38 Å². The lowest BCUT2D eigenvalue weighted by Gasteiger charge is -2.07. The van der Waals surface area contributed by atoms with E-state index in [4.69, 9.17) is 0 Å². The second-order valence-corrected chi connectivity index (χ2v) is 4.21. The van der Waals surface area contributed by atoms with Gasteiger partial charge in [0.05, 0.1) is 23.6 Å².